The van der Waals surface area contributed by atoms with Crippen molar-refractivity contribution in [1.29, 1.82) is 0 Å². The summed E-state index contributed by atoms with van der Waals surface area (Å²) in [7, 11) is 3.85. The maximum absolute atomic E-state index is 5.86. The summed E-state index contributed by atoms with van der Waals surface area (Å²) in [6.45, 7) is 4.93. The zero-order chi connectivity index (χ0) is 18.1. The minimum atomic E-state index is -0.188. The second-order valence-corrected chi connectivity index (χ2v) is 7.63. The largest absolute Gasteiger partial charge is 0.496 e. The van der Waals surface area contributed by atoms with Crippen molar-refractivity contribution in [3.63, 3.8) is 0 Å². The van der Waals surface area contributed by atoms with Crippen LogP contribution in [0.3, 0.4) is 0 Å². The first-order valence-corrected chi connectivity index (χ1v) is 9.54. The van der Waals surface area contributed by atoms with Crippen LogP contribution in [0.25, 0.3) is 0 Å². The van der Waals surface area contributed by atoms with Gasteiger partial charge >= 0.3 is 0 Å². The lowest BCUT2D eigenvalue weighted by Crippen LogP contribution is -2.44. The molecule has 1 aliphatic carbocycles. The van der Waals surface area contributed by atoms with Crippen LogP contribution in [0.5, 0.6) is 5.75 Å². The molecule has 1 aliphatic heterocycles. The molecule has 6 nitrogen and oxygen atoms in total. The summed E-state index contributed by atoms with van der Waals surface area (Å²) in [6, 6.07) is 6.65. The Bertz CT molecular complexity index is 767. The Labute approximate surface area is 154 Å². The molecule has 1 saturated carbocycles. The molecular formula is C20H28N4O2. The molecular weight excluding hydrogens is 328 g/mol. The summed E-state index contributed by atoms with van der Waals surface area (Å²) in [4.78, 5) is 7.19. The average Bonchev–Trinajstić information content (AvgIpc) is 3.33. The number of aryl methyl sites for hydroxylation is 1. The highest BCUT2D eigenvalue weighted by Gasteiger charge is 2.43. The summed E-state index contributed by atoms with van der Waals surface area (Å²) >= 11 is 0. The van der Waals surface area contributed by atoms with E-state index in [1.165, 1.54) is 18.4 Å². The van der Waals surface area contributed by atoms with Crippen LogP contribution < -0.4 is 10.1 Å². The Balaban J connectivity index is 1.71. The van der Waals surface area contributed by atoms with Crippen molar-refractivity contribution in [2.45, 2.75) is 44.1 Å². The first-order valence-electron chi connectivity index (χ1n) is 9.54. The molecule has 0 bridgehead atoms. The molecule has 0 radical (unpaired) electrons. The molecule has 1 atom stereocenters. The number of likely N-dealkylation sites (N-methyl/N-ethyl adjacent to an activating group) is 1. The van der Waals surface area contributed by atoms with Gasteiger partial charge in [0.05, 0.1) is 18.6 Å². The molecule has 1 unspecified atom stereocenters. The van der Waals surface area contributed by atoms with E-state index < -0.39 is 0 Å². The fourth-order valence-corrected chi connectivity index (χ4v) is 4.38. The molecule has 1 N–H and O–H groups in total. The van der Waals surface area contributed by atoms with Crippen molar-refractivity contribution in [2.24, 2.45) is 0 Å². The van der Waals surface area contributed by atoms with Gasteiger partial charge in [0.1, 0.15) is 5.75 Å². The summed E-state index contributed by atoms with van der Waals surface area (Å²) in [5.74, 6) is 2.47. The third-order valence-electron chi connectivity index (χ3n) is 6.08. The number of methoxy groups -OCH3 is 1. The molecule has 4 rings (SSSR count). The Hall–Kier alpha value is -1.92. The Morgan fingerprint density at radius 3 is 2.85 bits per heavy atom. The number of nitrogens with zero attached hydrogens (tertiary/aromatic N) is 3. The van der Waals surface area contributed by atoms with E-state index in [-0.39, 0.29) is 11.5 Å². The fraction of sp³-hybridized carbons (Fsp3) is 0.600. The van der Waals surface area contributed by atoms with Crippen LogP contribution in [0.15, 0.2) is 22.7 Å². The van der Waals surface area contributed by atoms with E-state index in [0.717, 1.165) is 55.5 Å². The minimum absolute atomic E-state index is 0.173. The quantitative estimate of drug-likeness (QED) is 0.909. The van der Waals surface area contributed by atoms with Gasteiger partial charge in [-0.05, 0) is 44.0 Å². The van der Waals surface area contributed by atoms with Gasteiger partial charge in [-0.15, -0.1) is 0 Å². The summed E-state index contributed by atoms with van der Waals surface area (Å²) < 4.78 is 11.4. The molecule has 1 aromatic carbocycles. The molecule has 2 aliphatic rings. The van der Waals surface area contributed by atoms with Crippen LogP contribution in [0, 0.1) is 6.92 Å². The van der Waals surface area contributed by atoms with Crippen molar-refractivity contribution in [3.05, 3.63) is 41.0 Å². The van der Waals surface area contributed by atoms with E-state index in [1.807, 2.05) is 0 Å². The van der Waals surface area contributed by atoms with Gasteiger partial charge in [-0.2, -0.15) is 4.98 Å². The highest BCUT2D eigenvalue weighted by Crippen LogP contribution is 2.47. The molecule has 26 heavy (non-hydrogen) atoms. The van der Waals surface area contributed by atoms with Crippen molar-refractivity contribution in [1.82, 2.24) is 20.4 Å². The lowest BCUT2D eigenvalue weighted by Gasteiger charge is -2.30. The molecule has 1 aromatic heterocycles. The third-order valence-corrected chi connectivity index (χ3v) is 6.08. The first-order chi connectivity index (χ1) is 12.6. The van der Waals surface area contributed by atoms with Crippen molar-refractivity contribution < 1.29 is 9.26 Å². The number of nitrogens with one attached hydrogen (secondary N) is 1. The van der Waals surface area contributed by atoms with Crippen molar-refractivity contribution in [2.75, 3.05) is 33.8 Å². The van der Waals surface area contributed by atoms with E-state index in [0.29, 0.717) is 0 Å². The maximum atomic E-state index is 5.86. The third kappa shape index (κ3) is 2.91. The van der Waals surface area contributed by atoms with Crippen LogP contribution in [-0.2, 0) is 5.41 Å². The zero-order valence-electron chi connectivity index (χ0n) is 15.9. The summed E-state index contributed by atoms with van der Waals surface area (Å²) in [5.41, 5.74) is 2.18. The van der Waals surface area contributed by atoms with E-state index in [1.54, 1.807) is 7.11 Å². The lowest BCUT2D eigenvalue weighted by molar-refractivity contribution is 0.190. The maximum Gasteiger partial charge on any atom is 0.237 e. The van der Waals surface area contributed by atoms with Gasteiger partial charge in [-0.1, -0.05) is 30.1 Å². The predicted octanol–water partition coefficient (Wildman–Crippen LogP) is 2.82. The van der Waals surface area contributed by atoms with E-state index >= 15 is 0 Å². The Kier molecular flexibility index (Phi) is 4.71. The van der Waals surface area contributed by atoms with Gasteiger partial charge in [0.2, 0.25) is 5.89 Å². The summed E-state index contributed by atoms with van der Waals surface area (Å²) in [6.07, 6.45) is 4.44. The van der Waals surface area contributed by atoms with E-state index in [9.17, 15) is 0 Å². The zero-order valence-corrected chi connectivity index (χ0v) is 15.9. The van der Waals surface area contributed by atoms with Crippen molar-refractivity contribution >= 4 is 0 Å². The number of hydrogen-bond donors (Lipinski definition) is 1. The standard InChI is InChI=1S/C20H28N4O2/c1-14-6-7-15(12-17(14)25-3)20(8-4-5-9-20)19-22-18(23-26-19)16-13-21-10-11-24(16)2/h6-7,12,16,21H,4-5,8-11,13H2,1-3H3. The number of piperazine rings is 1. The van der Waals surface area contributed by atoms with Gasteiger partial charge in [0.25, 0.3) is 0 Å². The SMILES string of the molecule is COc1cc(C2(c3nc(C4CNCCN4C)no3)CCCC2)ccc1C. The molecule has 2 aromatic rings. The normalized spacial score (nSPS) is 23.3. The molecule has 140 valence electrons. The van der Waals surface area contributed by atoms with Crippen LogP contribution in [0.1, 0.15) is 54.6 Å². The smallest absolute Gasteiger partial charge is 0.237 e. The lowest BCUT2D eigenvalue weighted by atomic mass is 9.78. The van der Waals surface area contributed by atoms with Gasteiger partial charge in [0, 0.05) is 19.6 Å². The Morgan fingerprint density at radius 1 is 1.31 bits per heavy atom. The monoisotopic (exact) mass is 356 g/mol. The molecule has 2 fully saturated rings. The minimum Gasteiger partial charge on any atom is -0.496 e. The average molecular weight is 356 g/mol. The highest BCUT2D eigenvalue weighted by molar-refractivity contribution is 5.43. The molecule has 6 heteroatoms. The molecule has 0 spiro atoms. The van der Waals surface area contributed by atoms with Gasteiger partial charge in [-0.3, -0.25) is 4.90 Å². The van der Waals surface area contributed by atoms with Crippen LogP contribution in [0.2, 0.25) is 0 Å². The molecule has 1 saturated heterocycles. The number of benzene rings is 1. The van der Waals surface area contributed by atoms with Gasteiger partial charge in [-0.25, -0.2) is 0 Å². The van der Waals surface area contributed by atoms with Crippen LogP contribution >= 0.6 is 0 Å². The second kappa shape index (κ2) is 7.00. The van der Waals surface area contributed by atoms with Crippen LogP contribution in [0.4, 0.5) is 0 Å². The Morgan fingerprint density at radius 2 is 2.12 bits per heavy atom. The molecule has 0 amide bonds. The second-order valence-electron chi connectivity index (χ2n) is 7.63. The topological polar surface area (TPSA) is 63.4 Å². The van der Waals surface area contributed by atoms with Crippen LogP contribution in [-0.4, -0.2) is 48.8 Å². The van der Waals surface area contributed by atoms with Gasteiger partial charge < -0.3 is 14.6 Å². The van der Waals surface area contributed by atoms with E-state index in [4.69, 9.17) is 14.2 Å². The number of ether oxygens (including phenoxy) is 1. The number of aromatic nitrogens is 2. The predicted molar refractivity (Wildman–Crippen MR) is 99.5 cm³/mol. The number of rotatable bonds is 4. The fourth-order valence-electron chi connectivity index (χ4n) is 4.38. The van der Waals surface area contributed by atoms with E-state index in [2.05, 4.69) is 47.5 Å². The first kappa shape index (κ1) is 17.5. The van der Waals surface area contributed by atoms with Gasteiger partial charge in [0.15, 0.2) is 5.82 Å². The van der Waals surface area contributed by atoms with Crippen molar-refractivity contribution in [3.8, 4) is 5.75 Å². The summed E-state index contributed by atoms with van der Waals surface area (Å²) in [5, 5.41) is 7.79. The highest BCUT2D eigenvalue weighted by atomic mass is 16.5. The molecule has 2 heterocycles. The number of hydrogen-bond acceptors (Lipinski definition) is 6.